The van der Waals surface area contributed by atoms with Crippen molar-refractivity contribution in [2.75, 3.05) is 39.3 Å². The number of carbonyl (C=O) groups is 2. The molecule has 0 aliphatic carbocycles. The minimum Gasteiger partial charge on any atom is -0.342 e. The van der Waals surface area contributed by atoms with Crippen LogP contribution in [0.15, 0.2) is 30.3 Å². The Balaban J connectivity index is 1.31. The first-order chi connectivity index (χ1) is 13.2. The Morgan fingerprint density at radius 3 is 2.30 bits per heavy atom. The summed E-state index contributed by atoms with van der Waals surface area (Å²) < 4.78 is 0. The zero-order valence-electron chi connectivity index (χ0n) is 16.2. The number of benzene rings is 1. The zero-order valence-corrected chi connectivity index (χ0v) is 16.2. The van der Waals surface area contributed by atoms with Crippen LogP contribution in [0.4, 0.5) is 0 Å². The van der Waals surface area contributed by atoms with Crippen LogP contribution in [0.25, 0.3) is 0 Å². The van der Waals surface area contributed by atoms with E-state index >= 15 is 0 Å². The molecule has 5 heteroatoms. The predicted molar refractivity (Wildman–Crippen MR) is 105 cm³/mol. The molecule has 5 nitrogen and oxygen atoms in total. The summed E-state index contributed by atoms with van der Waals surface area (Å²) in [6.07, 6.45) is 6.94. The van der Waals surface area contributed by atoms with E-state index in [1.54, 1.807) is 0 Å². The monoisotopic (exact) mass is 369 g/mol. The van der Waals surface area contributed by atoms with Crippen LogP contribution in [0.3, 0.4) is 0 Å². The fourth-order valence-corrected chi connectivity index (χ4v) is 4.90. The number of piperidine rings is 1. The number of amides is 2. The van der Waals surface area contributed by atoms with Crippen LogP contribution >= 0.6 is 0 Å². The van der Waals surface area contributed by atoms with Gasteiger partial charge in [-0.3, -0.25) is 14.5 Å². The topological polar surface area (TPSA) is 43.9 Å². The normalized spacial score (nSPS) is 25.6. The van der Waals surface area contributed by atoms with Crippen molar-refractivity contribution in [2.45, 2.75) is 50.5 Å². The number of carbonyl (C=O) groups excluding carboxylic acids is 2. The average molecular weight is 370 g/mol. The lowest BCUT2D eigenvalue weighted by Crippen LogP contribution is -2.68. The van der Waals surface area contributed by atoms with Gasteiger partial charge in [-0.1, -0.05) is 30.3 Å². The van der Waals surface area contributed by atoms with Crippen molar-refractivity contribution >= 4 is 11.8 Å². The molecule has 0 bridgehead atoms. The molecule has 1 aromatic carbocycles. The first kappa shape index (κ1) is 18.5. The maximum atomic E-state index is 12.8. The van der Waals surface area contributed by atoms with Crippen LogP contribution in [-0.2, 0) is 16.0 Å². The van der Waals surface area contributed by atoms with Crippen molar-refractivity contribution in [1.82, 2.24) is 14.7 Å². The second-order valence-electron chi connectivity index (χ2n) is 8.39. The minimum absolute atomic E-state index is 0.0516. The Morgan fingerprint density at radius 2 is 1.59 bits per heavy atom. The molecule has 27 heavy (non-hydrogen) atoms. The molecule has 3 aliphatic heterocycles. The number of aryl methyl sites for hydroxylation is 1. The first-order valence-corrected chi connectivity index (χ1v) is 10.5. The van der Waals surface area contributed by atoms with E-state index in [-0.39, 0.29) is 17.4 Å². The molecule has 3 fully saturated rings. The van der Waals surface area contributed by atoms with Gasteiger partial charge in [-0.25, -0.2) is 0 Å². The maximum Gasteiger partial charge on any atom is 0.236 e. The molecule has 0 aromatic heterocycles. The van der Waals surface area contributed by atoms with Crippen molar-refractivity contribution in [3.63, 3.8) is 0 Å². The minimum atomic E-state index is 0.0516. The van der Waals surface area contributed by atoms with Gasteiger partial charge in [0.15, 0.2) is 0 Å². The lowest BCUT2D eigenvalue weighted by Gasteiger charge is -2.57. The van der Waals surface area contributed by atoms with E-state index < -0.39 is 0 Å². The fourth-order valence-electron chi connectivity index (χ4n) is 4.90. The molecular weight excluding hydrogens is 338 g/mol. The number of nitrogens with zero attached hydrogens (tertiary/aromatic N) is 3. The predicted octanol–water partition coefficient (Wildman–Crippen LogP) is 2.31. The molecule has 0 N–H and O–H groups in total. The van der Waals surface area contributed by atoms with Crippen molar-refractivity contribution in [1.29, 1.82) is 0 Å². The molecular formula is C22H31N3O2. The molecule has 1 atom stereocenters. The Bertz CT molecular complexity index is 671. The van der Waals surface area contributed by atoms with E-state index in [0.29, 0.717) is 13.0 Å². The Morgan fingerprint density at radius 1 is 0.852 bits per heavy atom. The van der Waals surface area contributed by atoms with E-state index in [0.717, 1.165) is 71.2 Å². The maximum absolute atomic E-state index is 12.8. The Labute approximate surface area is 162 Å². The van der Waals surface area contributed by atoms with E-state index in [2.05, 4.69) is 21.9 Å². The van der Waals surface area contributed by atoms with Crippen LogP contribution in [0.2, 0.25) is 0 Å². The van der Waals surface area contributed by atoms with Crippen molar-refractivity contribution in [2.24, 2.45) is 0 Å². The van der Waals surface area contributed by atoms with Gasteiger partial charge in [0.1, 0.15) is 0 Å². The van der Waals surface area contributed by atoms with Crippen molar-refractivity contribution in [3.05, 3.63) is 35.9 Å². The summed E-state index contributed by atoms with van der Waals surface area (Å²) in [4.78, 5) is 31.7. The van der Waals surface area contributed by atoms with E-state index in [1.165, 1.54) is 5.56 Å². The van der Waals surface area contributed by atoms with Gasteiger partial charge in [0, 0.05) is 44.7 Å². The second kappa shape index (κ2) is 8.01. The molecule has 3 heterocycles. The largest absolute Gasteiger partial charge is 0.342 e. The Kier molecular flexibility index (Phi) is 5.48. The summed E-state index contributed by atoms with van der Waals surface area (Å²) in [6, 6.07) is 10.2. The van der Waals surface area contributed by atoms with Crippen molar-refractivity contribution in [3.8, 4) is 0 Å². The van der Waals surface area contributed by atoms with Gasteiger partial charge in [0.25, 0.3) is 0 Å². The molecule has 1 spiro atoms. The lowest BCUT2D eigenvalue weighted by molar-refractivity contribution is -0.145. The van der Waals surface area contributed by atoms with Crippen LogP contribution in [0, 0.1) is 0 Å². The lowest BCUT2D eigenvalue weighted by atomic mass is 9.77. The summed E-state index contributed by atoms with van der Waals surface area (Å²) >= 11 is 0. The molecule has 0 unspecified atom stereocenters. The molecule has 3 saturated heterocycles. The quantitative estimate of drug-likeness (QED) is 0.800. The fraction of sp³-hybridized carbons (Fsp3) is 0.636. The van der Waals surface area contributed by atoms with E-state index in [4.69, 9.17) is 0 Å². The second-order valence-corrected chi connectivity index (χ2v) is 8.39. The summed E-state index contributed by atoms with van der Waals surface area (Å²) in [5.74, 6) is 0.537. The van der Waals surface area contributed by atoms with Crippen LogP contribution in [0.5, 0.6) is 0 Å². The molecule has 0 radical (unpaired) electrons. The van der Waals surface area contributed by atoms with Gasteiger partial charge < -0.3 is 9.80 Å². The van der Waals surface area contributed by atoms with Gasteiger partial charge in [0.05, 0.1) is 6.54 Å². The smallest absolute Gasteiger partial charge is 0.236 e. The summed E-state index contributed by atoms with van der Waals surface area (Å²) in [7, 11) is 0. The average Bonchev–Trinajstić information content (AvgIpc) is 3.25. The summed E-state index contributed by atoms with van der Waals surface area (Å²) in [6.45, 7) is 5.03. The van der Waals surface area contributed by atoms with E-state index in [1.807, 2.05) is 23.1 Å². The summed E-state index contributed by atoms with van der Waals surface area (Å²) in [5.41, 5.74) is 1.27. The van der Waals surface area contributed by atoms with E-state index in [9.17, 15) is 9.59 Å². The third-order valence-electron chi connectivity index (χ3n) is 6.68. The summed E-state index contributed by atoms with van der Waals surface area (Å²) in [5, 5.41) is 0. The number of hydrogen-bond acceptors (Lipinski definition) is 3. The third-order valence-corrected chi connectivity index (χ3v) is 6.68. The van der Waals surface area contributed by atoms with Gasteiger partial charge in [0.2, 0.25) is 11.8 Å². The first-order valence-electron chi connectivity index (χ1n) is 10.5. The highest BCUT2D eigenvalue weighted by atomic mass is 16.2. The molecule has 1 aromatic rings. The van der Waals surface area contributed by atoms with Crippen molar-refractivity contribution < 1.29 is 9.59 Å². The highest BCUT2D eigenvalue weighted by Gasteiger charge is 2.48. The van der Waals surface area contributed by atoms with Gasteiger partial charge in [-0.15, -0.1) is 0 Å². The molecule has 0 saturated carbocycles. The van der Waals surface area contributed by atoms with Crippen LogP contribution < -0.4 is 0 Å². The number of rotatable bonds is 5. The molecule has 4 rings (SSSR count). The van der Waals surface area contributed by atoms with Gasteiger partial charge >= 0.3 is 0 Å². The third kappa shape index (κ3) is 4.03. The number of hydrogen-bond donors (Lipinski definition) is 0. The van der Waals surface area contributed by atoms with Gasteiger partial charge in [-0.2, -0.15) is 0 Å². The van der Waals surface area contributed by atoms with Gasteiger partial charge in [-0.05, 0) is 44.1 Å². The standard InChI is InChI=1S/C22H31N3O2/c26-20(10-9-19-7-2-1-3-8-19)24-15-6-11-22(18-24)12-16-25(22)17-21(27)23-13-4-5-14-23/h1-3,7-8H,4-6,9-18H2/t22-/m1/s1. The number of likely N-dealkylation sites (tertiary alicyclic amines) is 3. The van der Waals surface area contributed by atoms with Crippen LogP contribution in [-0.4, -0.2) is 71.3 Å². The molecule has 2 amide bonds. The molecule has 3 aliphatic rings. The highest BCUT2D eigenvalue weighted by molar-refractivity contribution is 5.79. The Hall–Kier alpha value is -1.88. The SMILES string of the molecule is O=C(CN1CC[C@@]12CCCN(C(=O)CCc1ccccc1)C2)N1CCCC1. The van der Waals surface area contributed by atoms with Crippen LogP contribution in [0.1, 0.15) is 44.1 Å². The zero-order chi connectivity index (χ0) is 18.7. The molecule has 146 valence electrons. The highest BCUT2D eigenvalue weighted by Crippen LogP contribution is 2.38.